The predicted octanol–water partition coefficient (Wildman–Crippen LogP) is 0.589. The number of nitrogens with one attached hydrogen (secondary N) is 1. The van der Waals surface area contributed by atoms with E-state index in [0.717, 1.165) is 32.1 Å². The molecule has 0 aliphatic carbocycles. The van der Waals surface area contributed by atoms with Gasteiger partial charge in [0.2, 0.25) is 5.91 Å². The first-order valence-electron chi connectivity index (χ1n) is 6.73. The van der Waals surface area contributed by atoms with E-state index in [1.165, 1.54) is 0 Å². The van der Waals surface area contributed by atoms with E-state index in [1.807, 2.05) is 0 Å². The lowest BCUT2D eigenvalue weighted by Gasteiger charge is -2.22. The summed E-state index contributed by atoms with van der Waals surface area (Å²) in [4.78, 5) is 11.6. The second-order valence-electron chi connectivity index (χ2n) is 4.97. The summed E-state index contributed by atoms with van der Waals surface area (Å²) in [5, 5.41) is 2.82. The second kappa shape index (κ2) is 7.74. The molecule has 0 aromatic rings. The molecule has 1 aliphatic heterocycles. The number of rotatable bonds is 7. The molecule has 1 heterocycles. The van der Waals surface area contributed by atoms with Crippen LogP contribution in [0.25, 0.3) is 0 Å². The topological polar surface area (TPSA) is 89.3 Å². The highest BCUT2D eigenvalue weighted by Crippen LogP contribution is 2.12. The summed E-state index contributed by atoms with van der Waals surface area (Å²) < 4.78 is 22.8. The first-order chi connectivity index (χ1) is 8.53. The molecule has 0 spiro atoms. The zero-order valence-electron chi connectivity index (χ0n) is 10.9. The first kappa shape index (κ1) is 15.4. The summed E-state index contributed by atoms with van der Waals surface area (Å²) in [7, 11) is -2.94. The zero-order valence-corrected chi connectivity index (χ0v) is 11.7. The SMILES string of the molecule is NCCCCCCC(=O)NC1CCCS(=O)(=O)C1. The number of carbonyl (C=O) groups is 1. The van der Waals surface area contributed by atoms with E-state index in [0.29, 0.717) is 19.4 Å². The highest BCUT2D eigenvalue weighted by molar-refractivity contribution is 7.91. The fraction of sp³-hybridized carbons (Fsp3) is 0.917. The number of hydrogen-bond acceptors (Lipinski definition) is 4. The number of sulfone groups is 1. The number of hydrogen-bond donors (Lipinski definition) is 2. The molecular weight excluding hydrogens is 252 g/mol. The third kappa shape index (κ3) is 6.35. The zero-order chi connectivity index (χ0) is 13.4. The molecule has 1 amide bonds. The Hall–Kier alpha value is -0.620. The molecule has 0 bridgehead atoms. The molecule has 0 saturated carbocycles. The average Bonchev–Trinajstić information content (AvgIpc) is 2.27. The lowest BCUT2D eigenvalue weighted by molar-refractivity contribution is -0.121. The maximum atomic E-state index is 11.6. The summed E-state index contributed by atoms with van der Waals surface area (Å²) >= 11 is 0. The van der Waals surface area contributed by atoms with Gasteiger partial charge in [0.25, 0.3) is 0 Å². The van der Waals surface area contributed by atoms with Gasteiger partial charge in [-0.3, -0.25) is 4.79 Å². The van der Waals surface area contributed by atoms with Crippen LogP contribution in [0.5, 0.6) is 0 Å². The smallest absolute Gasteiger partial charge is 0.220 e. The van der Waals surface area contributed by atoms with Gasteiger partial charge in [-0.05, 0) is 32.2 Å². The third-order valence-corrected chi connectivity index (χ3v) is 5.01. The second-order valence-corrected chi connectivity index (χ2v) is 7.20. The first-order valence-corrected chi connectivity index (χ1v) is 8.55. The Labute approximate surface area is 109 Å². The van der Waals surface area contributed by atoms with Crippen molar-refractivity contribution in [1.29, 1.82) is 0 Å². The van der Waals surface area contributed by atoms with E-state index in [9.17, 15) is 13.2 Å². The van der Waals surface area contributed by atoms with Crippen molar-refractivity contribution in [3.8, 4) is 0 Å². The van der Waals surface area contributed by atoms with Crippen molar-refractivity contribution in [1.82, 2.24) is 5.32 Å². The monoisotopic (exact) mass is 276 g/mol. The van der Waals surface area contributed by atoms with Crippen molar-refractivity contribution in [2.24, 2.45) is 5.73 Å². The Balaban J connectivity index is 2.16. The van der Waals surface area contributed by atoms with Gasteiger partial charge in [-0.15, -0.1) is 0 Å². The van der Waals surface area contributed by atoms with Crippen LogP contribution in [-0.2, 0) is 14.6 Å². The van der Waals surface area contributed by atoms with Gasteiger partial charge in [0.1, 0.15) is 0 Å². The molecule has 18 heavy (non-hydrogen) atoms. The van der Waals surface area contributed by atoms with Gasteiger partial charge in [0, 0.05) is 12.5 Å². The van der Waals surface area contributed by atoms with E-state index in [-0.39, 0.29) is 23.5 Å². The molecule has 5 nitrogen and oxygen atoms in total. The minimum absolute atomic E-state index is 0.0233. The van der Waals surface area contributed by atoms with Crippen LogP contribution in [0.1, 0.15) is 44.9 Å². The maximum Gasteiger partial charge on any atom is 0.220 e. The lowest BCUT2D eigenvalue weighted by atomic mass is 10.1. The van der Waals surface area contributed by atoms with Crippen LogP contribution in [-0.4, -0.2) is 38.4 Å². The molecule has 0 aromatic heterocycles. The molecule has 6 heteroatoms. The van der Waals surface area contributed by atoms with Crippen LogP contribution < -0.4 is 11.1 Å². The molecule has 1 atom stereocenters. The molecular formula is C12H24N2O3S. The van der Waals surface area contributed by atoms with Gasteiger partial charge in [-0.25, -0.2) is 8.42 Å². The Morgan fingerprint density at radius 2 is 1.94 bits per heavy atom. The van der Waals surface area contributed by atoms with E-state index in [1.54, 1.807) is 0 Å². The van der Waals surface area contributed by atoms with Crippen LogP contribution in [0.2, 0.25) is 0 Å². The number of nitrogens with two attached hydrogens (primary N) is 1. The minimum atomic E-state index is -2.94. The molecule has 1 rings (SSSR count). The van der Waals surface area contributed by atoms with E-state index in [4.69, 9.17) is 5.73 Å². The molecule has 1 fully saturated rings. The van der Waals surface area contributed by atoms with Crippen molar-refractivity contribution in [2.45, 2.75) is 51.0 Å². The Kier molecular flexibility index (Phi) is 6.63. The predicted molar refractivity (Wildman–Crippen MR) is 72.0 cm³/mol. The average molecular weight is 276 g/mol. The number of unbranched alkanes of at least 4 members (excludes halogenated alkanes) is 3. The van der Waals surface area contributed by atoms with Crippen LogP contribution in [0.3, 0.4) is 0 Å². The van der Waals surface area contributed by atoms with Crippen molar-refractivity contribution in [3.63, 3.8) is 0 Å². The highest BCUT2D eigenvalue weighted by atomic mass is 32.2. The molecule has 106 valence electrons. The van der Waals surface area contributed by atoms with Gasteiger partial charge in [0.15, 0.2) is 9.84 Å². The Morgan fingerprint density at radius 3 is 2.61 bits per heavy atom. The van der Waals surface area contributed by atoms with Gasteiger partial charge < -0.3 is 11.1 Å². The van der Waals surface area contributed by atoms with Crippen molar-refractivity contribution in [3.05, 3.63) is 0 Å². The number of amides is 1. The molecule has 0 aromatic carbocycles. The van der Waals surface area contributed by atoms with Crippen LogP contribution in [0, 0.1) is 0 Å². The molecule has 0 radical (unpaired) electrons. The minimum Gasteiger partial charge on any atom is -0.352 e. The normalized spacial score (nSPS) is 22.6. The quantitative estimate of drug-likeness (QED) is 0.666. The fourth-order valence-corrected chi connectivity index (χ4v) is 3.86. The van der Waals surface area contributed by atoms with Gasteiger partial charge in [-0.2, -0.15) is 0 Å². The van der Waals surface area contributed by atoms with Crippen molar-refractivity contribution in [2.75, 3.05) is 18.1 Å². The summed E-state index contributed by atoms with van der Waals surface area (Å²) in [5.74, 6) is 0.342. The molecule has 1 aliphatic rings. The summed E-state index contributed by atoms with van der Waals surface area (Å²) in [6.07, 6.45) is 5.84. The molecule has 1 unspecified atom stereocenters. The van der Waals surface area contributed by atoms with Gasteiger partial charge in [-0.1, -0.05) is 12.8 Å². The van der Waals surface area contributed by atoms with E-state index in [2.05, 4.69) is 5.32 Å². The standard InChI is InChI=1S/C12H24N2O3S/c13-8-4-2-1-3-7-12(15)14-11-6-5-9-18(16,17)10-11/h11H,1-10,13H2,(H,14,15). The van der Waals surface area contributed by atoms with Gasteiger partial charge in [0.05, 0.1) is 11.5 Å². The summed E-state index contributed by atoms with van der Waals surface area (Å²) in [6.45, 7) is 0.701. The van der Waals surface area contributed by atoms with Crippen molar-refractivity contribution >= 4 is 15.7 Å². The largest absolute Gasteiger partial charge is 0.352 e. The lowest BCUT2D eigenvalue weighted by Crippen LogP contribution is -2.43. The number of carbonyl (C=O) groups excluding carboxylic acids is 1. The van der Waals surface area contributed by atoms with E-state index < -0.39 is 9.84 Å². The Morgan fingerprint density at radius 1 is 1.22 bits per heavy atom. The summed E-state index contributed by atoms with van der Waals surface area (Å²) in [5.41, 5.74) is 5.38. The third-order valence-electron chi connectivity index (χ3n) is 3.19. The van der Waals surface area contributed by atoms with Crippen molar-refractivity contribution < 1.29 is 13.2 Å². The molecule has 3 N–H and O–H groups in total. The highest BCUT2D eigenvalue weighted by Gasteiger charge is 2.25. The van der Waals surface area contributed by atoms with Gasteiger partial charge >= 0.3 is 0 Å². The Bertz CT molecular complexity index is 354. The maximum absolute atomic E-state index is 11.6. The summed E-state index contributed by atoms with van der Waals surface area (Å²) in [6, 6.07) is -0.180. The van der Waals surface area contributed by atoms with Crippen LogP contribution >= 0.6 is 0 Å². The fourth-order valence-electron chi connectivity index (χ4n) is 2.22. The van der Waals surface area contributed by atoms with Crippen LogP contribution in [0.4, 0.5) is 0 Å². The van der Waals surface area contributed by atoms with E-state index >= 15 is 0 Å². The molecule has 1 saturated heterocycles. The van der Waals surface area contributed by atoms with Crippen LogP contribution in [0.15, 0.2) is 0 Å².